The third-order valence-electron chi connectivity index (χ3n) is 3.99. The molecule has 2 aromatic rings. The standard InChI is InChI=1S/C16H18N4O2/c17-15(21)9-11-5-3-4-8-20(11)16(22)14-10-18-12-6-1-2-7-13(12)19-14/h1-2,6-7,10-11H,3-5,8-9H2,(H2,17,21)/t11-/m1/s1. The van der Waals surface area contributed by atoms with Crippen LogP contribution in [0, 0.1) is 0 Å². The van der Waals surface area contributed by atoms with Crippen LogP contribution in [0.15, 0.2) is 30.5 Å². The lowest BCUT2D eigenvalue weighted by Crippen LogP contribution is -2.45. The number of hydrogen-bond donors (Lipinski definition) is 1. The van der Waals surface area contributed by atoms with Gasteiger partial charge in [-0.15, -0.1) is 0 Å². The Kier molecular flexibility index (Phi) is 4.00. The normalized spacial score (nSPS) is 18.4. The van der Waals surface area contributed by atoms with Crippen molar-refractivity contribution in [1.29, 1.82) is 0 Å². The number of piperidine rings is 1. The van der Waals surface area contributed by atoms with Gasteiger partial charge >= 0.3 is 0 Å². The SMILES string of the molecule is NC(=O)C[C@H]1CCCCN1C(=O)c1cnc2ccccc2n1. The highest BCUT2D eigenvalue weighted by Gasteiger charge is 2.29. The van der Waals surface area contributed by atoms with Gasteiger partial charge in [0.1, 0.15) is 5.69 Å². The van der Waals surface area contributed by atoms with Gasteiger partial charge in [-0.1, -0.05) is 12.1 Å². The molecule has 1 fully saturated rings. The van der Waals surface area contributed by atoms with E-state index in [0.29, 0.717) is 17.8 Å². The summed E-state index contributed by atoms with van der Waals surface area (Å²) in [5.41, 5.74) is 7.06. The Morgan fingerprint density at radius 3 is 2.77 bits per heavy atom. The molecule has 3 rings (SSSR count). The molecular weight excluding hydrogens is 280 g/mol. The molecule has 0 spiro atoms. The van der Waals surface area contributed by atoms with Crippen LogP contribution in [0.5, 0.6) is 0 Å². The summed E-state index contributed by atoms with van der Waals surface area (Å²) in [5.74, 6) is -0.557. The Labute approximate surface area is 128 Å². The summed E-state index contributed by atoms with van der Waals surface area (Å²) < 4.78 is 0. The largest absolute Gasteiger partial charge is 0.370 e. The maximum Gasteiger partial charge on any atom is 0.274 e. The second-order valence-corrected chi connectivity index (χ2v) is 5.56. The monoisotopic (exact) mass is 298 g/mol. The number of hydrogen-bond acceptors (Lipinski definition) is 4. The van der Waals surface area contributed by atoms with Crippen LogP contribution in [0.4, 0.5) is 0 Å². The van der Waals surface area contributed by atoms with Gasteiger partial charge in [-0.3, -0.25) is 14.6 Å². The third kappa shape index (κ3) is 2.90. The lowest BCUT2D eigenvalue weighted by atomic mass is 9.98. The summed E-state index contributed by atoms with van der Waals surface area (Å²) in [6.45, 7) is 0.630. The second kappa shape index (κ2) is 6.09. The first-order chi connectivity index (χ1) is 10.6. The summed E-state index contributed by atoms with van der Waals surface area (Å²) in [6, 6.07) is 7.30. The third-order valence-corrected chi connectivity index (χ3v) is 3.99. The number of primary amides is 1. The van der Waals surface area contributed by atoms with Crippen molar-refractivity contribution in [3.8, 4) is 0 Å². The molecule has 114 valence electrons. The van der Waals surface area contributed by atoms with E-state index in [1.165, 1.54) is 6.20 Å². The Balaban J connectivity index is 1.87. The number of nitrogens with two attached hydrogens (primary N) is 1. The highest BCUT2D eigenvalue weighted by Crippen LogP contribution is 2.21. The van der Waals surface area contributed by atoms with E-state index in [0.717, 1.165) is 24.8 Å². The maximum absolute atomic E-state index is 12.7. The molecular formula is C16H18N4O2. The molecule has 0 radical (unpaired) electrons. The highest BCUT2D eigenvalue weighted by atomic mass is 16.2. The molecule has 1 aromatic heterocycles. The van der Waals surface area contributed by atoms with E-state index in [2.05, 4.69) is 9.97 Å². The van der Waals surface area contributed by atoms with Crippen molar-refractivity contribution in [1.82, 2.24) is 14.9 Å². The first-order valence-electron chi connectivity index (χ1n) is 7.46. The van der Waals surface area contributed by atoms with Gasteiger partial charge in [-0.2, -0.15) is 0 Å². The molecule has 1 saturated heterocycles. The number of carbonyl (C=O) groups is 2. The molecule has 2 amide bonds. The predicted molar refractivity (Wildman–Crippen MR) is 82.0 cm³/mol. The molecule has 22 heavy (non-hydrogen) atoms. The van der Waals surface area contributed by atoms with E-state index >= 15 is 0 Å². The number of fused-ring (bicyclic) bond motifs is 1. The lowest BCUT2D eigenvalue weighted by Gasteiger charge is -2.34. The van der Waals surface area contributed by atoms with Gasteiger partial charge in [-0.05, 0) is 31.4 Å². The number of nitrogens with zero attached hydrogens (tertiary/aromatic N) is 3. The van der Waals surface area contributed by atoms with Crippen molar-refractivity contribution in [3.05, 3.63) is 36.2 Å². The topological polar surface area (TPSA) is 89.2 Å². The number of carbonyl (C=O) groups excluding carboxylic acids is 2. The number of rotatable bonds is 3. The van der Waals surface area contributed by atoms with Gasteiger partial charge < -0.3 is 10.6 Å². The smallest absolute Gasteiger partial charge is 0.274 e. The minimum atomic E-state index is -0.380. The van der Waals surface area contributed by atoms with Crippen molar-refractivity contribution in [2.24, 2.45) is 5.73 Å². The predicted octanol–water partition coefficient (Wildman–Crippen LogP) is 1.50. The number of likely N-dealkylation sites (tertiary alicyclic amines) is 1. The van der Waals surface area contributed by atoms with Gasteiger partial charge in [0.05, 0.1) is 17.2 Å². The molecule has 1 aliphatic heterocycles. The lowest BCUT2D eigenvalue weighted by molar-refractivity contribution is -0.119. The van der Waals surface area contributed by atoms with Crippen molar-refractivity contribution in [2.75, 3.05) is 6.54 Å². The highest BCUT2D eigenvalue weighted by molar-refractivity contribution is 5.94. The van der Waals surface area contributed by atoms with Crippen LogP contribution in [0.1, 0.15) is 36.2 Å². The Hall–Kier alpha value is -2.50. The van der Waals surface area contributed by atoms with Crippen LogP contribution in [0.2, 0.25) is 0 Å². The van der Waals surface area contributed by atoms with E-state index in [4.69, 9.17) is 5.73 Å². The number of para-hydroxylation sites is 2. The summed E-state index contributed by atoms with van der Waals surface area (Å²) in [5, 5.41) is 0. The first-order valence-corrected chi connectivity index (χ1v) is 7.46. The van der Waals surface area contributed by atoms with Crippen LogP contribution in [-0.2, 0) is 4.79 Å². The molecule has 1 aliphatic rings. The van der Waals surface area contributed by atoms with Crippen LogP contribution in [0.3, 0.4) is 0 Å². The molecule has 0 bridgehead atoms. The molecule has 0 saturated carbocycles. The van der Waals surface area contributed by atoms with E-state index in [1.807, 2.05) is 24.3 Å². The van der Waals surface area contributed by atoms with Gasteiger partial charge in [-0.25, -0.2) is 4.98 Å². The Morgan fingerprint density at radius 2 is 2.00 bits per heavy atom. The quantitative estimate of drug-likeness (QED) is 0.930. The van der Waals surface area contributed by atoms with Crippen molar-refractivity contribution >= 4 is 22.8 Å². The average Bonchev–Trinajstić information content (AvgIpc) is 2.54. The molecule has 2 N–H and O–H groups in total. The molecule has 2 heterocycles. The Morgan fingerprint density at radius 1 is 1.23 bits per heavy atom. The van der Waals surface area contributed by atoms with Crippen molar-refractivity contribution in [3.63, 3.8) is 0 Å². The van der Waals surface area contributed by atoms with Crippen LogP contribution in [0.25, 0.3) is 11.0 Å². The Bertz CT molecular complexity index is 716. The minimum absolute atomic E-state index is 0.132. The zero-order chi connectivity index (χ0) is 15.5. The number of benzene rings is 1. The first kappa shape index (κ1) is 14.4. The molecule has 1 atom stereocenters. The van der Waals surface area contributed by atoms with Crippen LogP contribution in [-0.4, -0.2) is 39.3 Å². The minimum Gasteiger partial charge on any atom is -0.370 e. The average molecular weight is 298 g/mol. The molecule has 6 heteroatoms. The van der Waals surface area contributed by atoms with Crippen molar-refractivity contribution < 1.29 is 9.59 Å². The van der Waals surface area contributed by atoms with E-state index in [9.17, 15) is 9.59 Å². The van der Waals surface area contributed by atoms with E-state index in [1.54, 1.807) is 4.90 Å². The van der Waals surface area contributed by atoms with Crippen LogP contribution >= 0.6 is 0 Å². The fraction of sp³-hybridized carbons (Fsp3) is 0.375. The molecule has 0 aliphatic carbocycles. The molecule has 1 aromatic carbocycles. The van der Waals surface area contributed by atoms with Crippen molar-refractivity contribution in [2.45, 2.75) is 31.7 Å². The summed E-state index contributed by atoms with van der Waals surface area (Å²) >= 11 is 0. The van der Waals surface area contributed by atoms with Gasteiger partial charge in [0.15, 0.2) is 0 Å². The zero-order valence-electron chi connectivity index (χ0n) is 12.2. The van der Waals surface area contributed by atoms with E-state index < -0.39 is 0 Å². The molecule has 6 nitrogen and oxygen atoms in total. The van der Waals surface area contributed by atoms with Crippen LogP contribution < -0.4 is 5.73 Å². The fourth-order valence-corrected chi connectivity index (χ4v) is 2.92. The summed E-state index contributed by atoms with van der Waals surface area (Å²) in [4.78, 5) is 34.3. The fourth-order valence-electron chi connectivity index (χ4n) is 2.92. The van der Waals surface area contributed by atoms with E-state index in [-0.39, 0.29) is 24.3 Å². The van der Waals surface area contributed by atoms with Gasteiger partial charge in [0.25, 0.3) is 5.91 Å². The zero-order valence-corrected chi connectivity index (χ0v) is 12.2. The summed E-state index contributed by atoms with van der Waals surface area (Å²) in [6.07, 6.45) is 4.44. The number of amides is 2. The second-order valence-electron chi connectivity index (χ2n) is 5.56. The number of aromatic nitrogens is 2. The van der Waals surface area contributed by atoms with Gasteiger partial charge in [0, 0.05) is 19.0 Å². The maximum atomic E-state index is 12.7. The molecule has 0 unspecified atom stereocenters. The summed E-state index contributed by atoms with van der Waals surface area (Å²) in [7, 11) is 0. The van der Waals surface area contributed by atoms with Gasteiger partial charge in [0.2, 0.25) is 5.91 Å².